The molecule has 0 bridgehead atoms. The average Bonchev–Trinajstić information content (AvgIpc) is 3.31. The molecule has 0 aliphatic heterocycles. The van der Waals surface area contributed by atoms with Crippen molar-refractivity contribution >= 4 is 11.8 Å². The first-order valence-electron chi connectivity index (χ1n) is 7.27. The van der Waals surface area contributed by atoms with Crippen LogP contribution in [0.4, 0.5) is 0 Å². The SMILES string of the molecule is Cc1ccc(CNC(=O)C2CC2C(=O)NC2CC2)cc1. The highest BCUT2D eigenvalue weighted by Gasteiger charge is 2.48. The zero-order valence-corrected chi connectivity index (χ0v) is 11.7. The number of aryl methyl sites for hydroxylation is 1. The Bertz CT molecular complexity index is 520. The van der Waals surface area contributed by atoms with Gasteiger partial charge in [0.05, 0.1) is 11.8 Å². The molecule has 2 fully saturated rings. The number of nitrogens with one attached hydrogen (secondary N) is 2. The van der Waals surface area contributed by atoms with Crippen molar-refractivity contribution in [3.63, 3.8) is 0 Å². The summed E-state index contributed by atoms with van der Waals surface area (Å²) >= 11 is 0. The van der Waals surface area contributed by atoms with Crippen molar-refractivity contribution in [1.82, 2.24) is 10.6 Å². The largest absolute Gasteiger partial charge is 0.353 e. The van der Waals surface area contributed by atoms with Crippen molar-refractivity contribution in [3.8, 4) is 0 Å². The van der Waals surface area contributed by atoms with Crippen molar-refractivity contribution in [3.05, 3.63) is 35.4 Å². The predicted octanol–water partition coefficient (Wildman–Crippen LogP) is 1.53. The molecular formula is C16H20N2O2. The smallest absolute Gasteiger partial charge is 0.224 e. The molecule has 0 heterocycles. The van der Waals surface area contributed by atoms with E-state index in [1.54, 1.807) is 0 Å². The summed E-state index contributed by atoms with van der Waals surface area (Å²) in [6.07, 6.45) is 2.86. The maximum atomic E-state index is 12.0. The van der Waals surface area contributed by atoms with Gasteiger partial charge in [-0.1, -0.05) is 29.8 Å². The summed E-state index contributed by atoms with van der Waals surface area (Å²) in [5.74, 6) is -0.169. The van der Waals surface area contributed by atoms with Gasteiger partial charge in [-0.25, -0.2) is 0 Å². The van der Waals surface area contributed by atoms with Gasteiger partial charge in [-0.15, -0.1) is 0 Å². The Hall–Kier alpha value is -1.84. The molecule has 1 aromatic rings. The van der Waals surface area contributed by atoms with Crippen molar-refractivity contribution in [2.45, 2.75) is 38.8 Å². The Balaban J connectivity index is 1.43. The third-order valence-corrected chi connectivity index (χ3v) is 3.98. The molecule has 20 heavy (non-hydrogen) atoms. The topological polar surface area (TPSA) is 58.2 Å². The van der Waals surface area contributed by atoms with Crippen LogP contribution in [0.15, 0.2) is 24.3 Å². The fraction of sp³-hybridized carbons (Fsp3) is 0.500. The molecule has 2 unspecified atom stereocenters. The highest BCUT2D eigenvalue weighted by molar-refractivity contribution is 5.92. The number of hydrogen-bond donors (Lipinski definition) is 2. The first-order chi connectivity index (χ1) is 9.63. The summed E-state index contributed by atoms with van der Waals surface area (Å²) in [5, 5.41) is 5.88. The van der Waals surface area contributed by atoms with Crippen molar-refractivity contribution in [2.24, 2.45) is 11.8 Å². The van der Waals surface area contributed by atoms with Gasteiger partial charge < -0.3 is 10.6 Å². The average molecular weight is 272 g/mol. The number of carbonyl (C=O) groups excluding carboxylic acids is 2. The molecule has 3 rings (SSSR count). The second-order valence-corrected chi connectivity index (χ2v) is 5.93. The fourth-order valence-corrected chi connectivity index (χ4v) is 2.34. The normalized spacial score (nSPS) is 24.1. The van der Waals surface area contributed by atoms with Crippen LogP contribution in [-0.4, -0.2) is 17.9 Å². The van der Waals surface area contributed by atoms with Crippen LogP contribution in [0, 0.1) is 18.8 Å². The van der Waals surface area contributed by atoms with Crippen molar-refractivity contribution in [1.29, 1.82) is 0 Å². The Morgan fingerprint density at radius 1 is 1.10 bits per heavy atom. The Morgan fingerprint density at radius 3 is 2.40 bits per heavy atom. The lowest BCUT2D eigenvalue weighted by Gasteiger charge is -2.06. The molecule has 0 spiro atoms. The zero-order chi connectivity index (χ0) is 14.1. The van der Waals surface area contributed by atoms with E-state index >= 15 is 0 Å². The van der Waals surface area contributed by atoms with Gasteiger partial charge in [0, 0.05) is 12.6 Å². The fourth-order valence-electron chi connectivity index (χ4n) is 2.34. The molecule has 2 saturated carbocycles. The minimum absolute atomic E-state index is 0.00141. The van der Waals surface area contributed by atoms with Crippen LogP contribution in [0.3, 0.4) is 0 Å². The van der Waals surface area contributed by atoms with E-state index in [2.05, 4.69) is 10.6 Å². The molecule has 2 amide bonds. The molecule has 4 nitrogen and oxygen atoms in total. The van der Waals surface area contributed by atoms with Crippen LogP contribution in [0.25, 0.3) is 0 Å². The first-order valence-corrected chi connectivity index (χ1v) is 7.27. The summed E-state index contributed by atoms with van der Waals surface area (Å²) in [7, 11) is 0. The molecule has 106 valence electrons. The van der Waals surface area contributed by atoms with Gasteiger partial charge in [0.2, 0.25) is 11.8 Å². The minimum Gasteiger partial charge on any atom is -0.353 e. The van der Waals surface area contributed by atoms with Crippen LogP contribution in [0.5, 0.6) is 0 Å². The van der Waals surface area contributed by atoms with Crippen LogP contribution in [-0.2, 0) is 16.1 Å². The molecule has 2 aliphatic carbocycles. The summed E-state index contributed by atoms with van der Waals surface area (Å²) in [5.41, 5.74) is 2.29. The van der Waals surface area contributed by atoms with Gasteiger partial charge in [0.1, 0.15) is 0 Å². The van der Waals surface area contributed by atoms with E-state index in [-0.39, 0.29) is 23.7 Å². The minimum atomic E-state index is -0.126. The van der Waals surface area contributed by atoms with Gasteiger partial charge in [0.25, 0.3) is 0 Å². The van der Waals surface area contributed by atoms with Crippen molar-refractivity contribution in [2.75, 3.05) is 0 Å². The lowest BCUT2D eigenvalue weighted by molar-refractivity contribution is -0.127. The maximum Gasteiger partial charge on any atom is 0.224 e. The summed E-state index contributed by atoms with van der Waals surface area (Å²) in [6.45, 7) is 2.57. The quantitative estimate of drug-likeness (QED) is 0.854. The summed E-state index contributed by atoms with van der Waals surface area (Å²) < 4.78 is 0. The predicted molar refractivity (Wildman–Crippen MR) is 75.8 cm³/mol. The third-order valence-electron chi connectivity index (χ3n) is 3.98. The van der Waals surface area contributed by atoms with Crippen LogP contribution in [0.2, 0.25) is 0 Å². The van der Waals surface area contributed by atoms with E-state index in [9.17, 15) is 9.59 Å². The molecule has 2 aliphatic rings. The van der Waals surface area contributed by atoms with Gasteiger partial charge in [-0.3, -0.25) is 9.59 Å². The van der Waals surface area contributed by atoms with E-state index in [0.29, 0.717) is 19.0 Å². The number of amides is 2. The molecule has 2 atom stereocenters. The third kappa shape index (κ3) is 3.18. The lowest BCUT2D eigenvalue weighted by Crippen LogP contribution is -2.31. The Kier molecular flexibility index (Phi) is 3.47. The van der Waals surface area contributed by atoms with Gasteiger partial charge in [-0.05, 0) is 31.7 Å². The van der Waals surface area contributed by atoms with E-state index in [1.165, 1.54) is 5.56 Å². The van der Waals surface area contributed by atoms with Gasteiger partial charge in [0.15, 0.2) is 0 Å². The summed E-state index contributed by atoms with van der Waals surface area (Å²) in [6, 6.07) is 8.47. The zero-order valence-electron chi connectivity index (χ0n) is 11.7. The van der Waals surface area contributed by atoms with Gasteiger partial charge in [-0.2, -0.15) is 0 Å². The van der Waals surface area contributed by atoms with Crippen LogP contribution < -0.4 is 10.6 Å². The first kappa shape index (κ1) is 13.2. The van der Waals surface area contributed by atoms with Gasteiger partial charge >= 0.3 is 0 Å². The molecule has 4 heteroatoms. The second-order valence-electron chi connectivity index (χ2n) is 5.93. The van der Waals surface area contributed by atoms with Crippen molar-refractivity contribution < 1.29 is 9.59 Å². The Morgan fingerprint density at radius 2 is 1.75 bits per heavy atom. The number of carbonyl (C=O) groups is 2. The Labute approximate surface area is 118 Å². The van der Waals surface area contributed by atoms with Crippen LogP contribution in [0.1, 0.15) is 30.4 Å². The molecule has 1 aromatic carbocycles. The monoisotopic (exact) mass is 272 g/mol. The lowest BCUT2D eigenvalue weighted by atomic mass is 10.1. The van der Waals surface area contributed by atoms with E-state index in [0.717, 1.165) is 18.4 Å². The standard InChI is InChI=1S/C16H20N2O2/c1-10-2-4-11(5-3-10)9-17-15(19)13-8-14(13)16(20)18-12-6-7-12/h2-5,12-14H,6-9H2,1H3,(H,17,19)(H,18,20). The molecule has 0 saturated heterocycles. The number of rotatable bonds is 5. The highest BCUT2D eigenvalue weighted by Crippen LogP contribution is 2.39. The van der Waals surface area contributed by atoms with Crippen LogP contribution >= 0.6 is 0 Å². The van der Waals surface area contributed by atoms with E-state index in [1.807, 2.05) is 31.2 Å². The summed E-state index contributed by atoms with van der Waals surface area (Å²) in [4.78, 5) is 23.8. The maximum absolute atomic E-state index is 12.0. The molecule has 2 N–H and O–H groups in total. The molecule has 0 aromatic heterocycles. The second kappa shape index (κ2) is 5.27. The van der Waals surface area contributed by atoms with E-state index in [4.69, 9.17) is 0 Å². The highest BCUT2D eigenvalue weighted by atomic mass is 16.2. The number of benzene rings is 1. The molecular weight excluding hydrogens is 252 g/mol. The molecule has 0 radical (unpaired) electrons. The number of hydrogen-bond acceptors (Lipinski definition) is 2. The van der Waals surface area contributed by atoms with E-state index < -0.39 is 0 Å².